The van der Waals surface area contributed by atoms with Crippen LogP contribution in [0.5, 0.6) is 0 Å². The lowest BCUT2D eigenvalue weighted by molar-refractivity contribution is -0.682. The number of carbonyl (C=O) groups is 1. The highest BCUT2D eigenvalue weighted by Gasteiger charge is 2.21. The molecular weight excluding hydrogens is 647 g/mol. The van der Waals surface area contributed by atoms with E-state index in [2.05, 4.69) is 0 Å². The Morgan fingerprint density at radius 1 is 0.875 bits per heavy atom. The molecule has 8 nitrogen and oxygen atoms in total. The topological polar surface area (TPSA) is 101 Å². The average Bonchev–Trinajstić information content (AvgIpc) is 3.29. The van der Waals surface area contributed by atoms with Crippen LogP contribution in [-0.2, 0) is 24.4 Å². The van der Waals surface area contributed by atoms with E-state index in [1.165, 1.54) is 0 Å². The SMILES string of the molecule is O=C(C[n+]1ccn(CC(OCc2ccc(Cl)cc2Cl)c2ccc(Cl)cc2Cl)c1)c1ccc(Cl)cc1Cl.O=[N+]([O-])[O-]. The van der Waals surface area contributed by atoms with Gasteiger partial charge in [0.25, 0.3) is 0 Å². The number of rotatable bonds is 9. The van der Waals surface area contributed by atoms with E-state index in [1.54, 1.807) is 53.2 Å². The molecule has 1 aromatic heterocycles. The molecule has 0 aliphatic rings. The van der Waals surface area contributed by atoms with Crippen molar-refractivity contribution < 1.29 is 19.2 Å². The quantitative estimate of drug-likeness (QED) is 0.0775. The maximum atomic E-state index is 12.8. The summed E-state index contributed by atoms with van der Waals surface area (Å²) in [5, 5.41) is 17.6. The Bertz CT molecular complexity index is 1510. The minimum absolute atomic E-state index is 0.113. The standard InChI is InChI=1S/C26H19Cl6N2O2.NO3/c27-17-2-1-16(22(30)9-17)14-36-26(21-6-4-19(29)11-24(21)32)13-34-8-7-33(15-34)12-25(35)20-5-3-18(28)10-23(20)31;2-1(3)4/h1-11,15,26H,12-14H2;/q+1;-1. The van der Waals surface area contributed by atoms with E-state index in [1.807, 2.05) is 29.2 Å². The molecule has 1 heterocycles. The lowest BCUT2D eigenvalue weighted by Crippen LogP contribution is -2.36. The number of halogens is 6. The first-order valence-corrected chi connectivity index (χ1v) is 13.5. The van der Waals surface area contributed by atoms with Crippen molar-refractivity contribution in [2.24, 2.45) is 0 Å². The molecule has 210 valence electrons. The Kier molecular flexibility index (Phi) is 11.9. The van der Waals surface area contributed by atoms with Crippen LogP contribution >= 0.6 is 69.6 Å². The molecule has 4 aromatic rings. The van der Waals surface area contributed by atoms with Crippen LogP contribution in [0.15, 0.2) is 73.3 Å². The highest BCUT2D eigenvalue weighted by Crippen LogP contribution is 2.31. The zero-order valence-corrected chi connectivity index (χ0v) is 24.8. The summed E-state index contributed by atoms with van der Waals surface area (Å²) < 4.78 is 9.94. The Morgan fingerprint density at radius 2 is 1.45 bits per heavy atom. The smallest absolute Gasteiger partial charge is 0.244 e. The van der Waals surface area contributed by atoms with Crippen LogP contribution in [0.4, 0.5) is 0 Å². The largest absolute Gasteiger partial charge is 0.365 e. The number of Topliss-reactive ketones (excluding diaryl/α,β-unsaturated/α-hetero) is 1. The van der Waals surface area contributed by atoms with Crippen LogP contribution < -0.4 is 4.57 Å². The van der Waals surface area contributed by atoms with E-state index in [0.717, 1.165) is 11.1 Å². The van der Waals surface area contributed by atoms with Gasteiger partial charge >= 0.3 is 0 Å². The van der Waals surface area contributed by atoms with Gasteiger partial charge in [0, 0.05) is 36.2 Å². The van der Waals surface area contributed by atoms with Crippen molar-refractivity contribution in [3.05, 3.63) is 135 Å². The molecule has 0 spiro atoms. The third kappa shape index (κ3) is 9.52. The highest BCUT2D eigenvalue weighted by atomic mass is 35.5. The van der Waals surface area contributed by atoms with E-state index < -0.39 is 11.2 Å². The molecule has 1 atom stereocenters. The zero-order valence-electron chi connectivity index (χ0n) is 20.3. The Balaban J connectivity index is 0.00000103. The van der Waals surface area contributed by atoms with Gasteiger partial charge in [-0.1, -0.05) is 81.7 Å². The molecule has 1 unspecified atom stereocenters. The van der Waals surface area contributed by atoms with Gasteiger partial charge in [-0.05, 0) is 48.0 Å². The second kappa shape index (κ2) is 14.9. The molecule has 0 fully saturated rings. The minimum atomic E-state index is -1.75. The van der Waals surface area contributed by atoms with Crippen molar-refractivity contribution in [3.8, 4) is 0 Å². The van der Waals surface area contributed by atoms with Gasteiger partial charge in [-0.2, -0.15) is 0 Å². The second-order valence-electron chi connectivity index (χ2n) is 8.25. The summed E-state index contributed by atoms with van der Waals surface area (Å²) in [7, 11) is 0. The summed E-state index contributed by atoms with van der Waals surface area (Å²) in [5.74, 6) is -0.134. The van der Waals surface area contributed by atoms with Crippen LogP contribution in [0, 0.1) is 15.3 Å². The molecule has 40 heavy (non-hydrogen) atoms. The molecule has 0 radical (unpaired) electrons. The summed E-state index contributed by atoms with van der Waals surface area (Å²) in [6, 6.07) is 15.3. The van der Waals surface area contributed by atoms with Gasteiger partial charge in [0.2, 0.25) is 12.1 Å². The summed E-state index contributed by atoms with van der Waals surface area (Å²) in [6.07, 6.45) is 5.05. The van der Waals surface area contributed by atoms with E-state index in [4.69, 9.17) is 89.7 Å². The van der Waals surface area contributed by atoms with E-state index in [-0.39, 0.29) is 18.9 Å². The van der Waals surface area contributed by atoms with Gasteiger partial charge in [0.15, 0.2) is 6.54 Å². The average molecular weight is 666 g/mol. The highest BCUT2D eigenvalue weighted by molar-refractivity contribution is 6.37. The number of benzene rings is 3. The fourth-order valence-electron chi connectivity index (χ4n) is 3.63. The number of ketones is 1. The monoisotopic (exact) mass is 663 g/mol. The number of hydrogen-bond donors (Lipinski definition) is 0. The van der Waals surface area contributed by atoms with Gasteiger partial charge in [-0.3, -0.25) is 4.79 Å². The number of aromatic nitrogens is 2. The zero-order chi connectivity index (χ0) is 29.4. The fraction of sp³-hybridized carbons (Fsp3) is 0.154. The molecule has 3 aromatic carbocycles. The predicted molar refractivity (Wildman–Crippen MR) is 156 cm³/mol. The molecule has 0 bridgehead atoms. The molecule has 4 rings (SSSR count). The number of hydrogen-bond acceptors (Lipinski definition) is 5. The molecular formula is C26H19Cl6N3O5. The Labute approximate surface area is 259 Å². The van der Waals surface area contributed by atoms with Gasteiger partial charge in [-0.25, -0.2) is 9.13 Å². The first kappa shape index (κ1) is 32.0. The third-order valence-electron chi connectivity index (χ3n) is 5.45. The van der Waals surface area contributed by atoms with Gasteiger partial charge in [0.05, 0.1) is 16.7 Å². The van der Waals surface area contributed by atoms with Crippen molar-refractivity contribution in [2.75, 3.05) is 0 Å². The summed E-state index contributed by atoms with van der Waals surface area (Å²) in [4.78, 5) is 21.0. The molecule has 0 saturated carbocycles. The molecule has 0 aliphatic heterocycles. The van der Waals surface area contributed by atoms with E-state index in [9.17, 15) is 4.79 Å². The van der Waals surface area contributed by atoms with Crippen molar-refractivity contribution in [1.82, 2.24) is 4.57 Å². The van der Waals surface area contributed by atoms with Crippen LogP contribution in [0.1, 0.15) is 27.6 Å². The fourth-order valence-corrected chi connectivity index (χ4v) is 5.14. The lowest BCUT2D eigenvalue weighted by atomic mass is 10.1. The normalized spacial score (nSPS) is 11.4. The van der Waals surface area contributed by atoms with Gasteiger partial charge in [0.1, 0.15) is 25.0 Å². The minimum Gasteiger partial charge on any atom is -0.365 e. The Hall–Kier alpha value is -2.56. The number of ether oxygens (including phenoxy) is 1. The first-order chi connectivity index (χ1) is 18.9. The van der Waals surface area contributed by atoms with Crippen LogP contribution in [-0.4, -0.2) is 15.4 Å². The molecule has 0 amide bonds. The van der Waals surface area contributed by atoms with Crippen molar-refractivity contribution >= 4 is 75.4 Å². The van der Waals surface area contributed by atoms with E-state index >= 15 is 0 Å². The van der Waals surface area contributed by atoms with Gasteiger partial charge < -0.3 is 20.1 Å². The molecule has 0 N–H and O–H groups in total. The van der Waals surface area contributed by atoms with Crippen molar-refractivity contribution in [2.45, 2.75) is 25.8 Å². The third-order valence-corrected chi connectivity index (χ3v) is 7.14. The Morgan fingerprint density at radius 3 is 2.05 bits per heavy atom. The van der Waals surface area contributed by atoms with E-state index in [0.29, 0.717) is 42.2 Å². The maximum absolute atomic E-state index is 12.8. The first-order valence-electron chi connectivity index (χ1n) is 11.3. The van der Waals surface area contributed by atoms with Gasteiger partial charge in [-0.15, -0.1) is 0 Å². The van der Waals surface area contributed by atoms with Crippen molar-refractivity contribution in [3.63, 3.8) is 0 Å². The van der Waals surface area contributed by atoms with Crippen LogP contribution in [0.3, 0.4) is 0 Å². The summed E-state index contributed by atoms with van der Waals surface area (Å²) in [6.45, 7) is 0.784. The van der Waals surface area contributed by atoms with Crippen LogP contribution in [0.2, 0.25) is 30.1 Å². The molecule has 0 aliphatic carbocycles. The molecule has 0 saturated heterocycles. The summed E-state index contributed by atoms with van der Waals surface area (Å²) in [5.41, 5.74) is 1.98. The molecule has 14 heteroatoms. The summed E-state index contributed by atoms with van der Waals surface area (Å²) >= 11 is 37.1. The number of carbonyl (C=O) groups excluding carboxylic acids is 1. The predicted octanol–water partition coefficient (Wildman–Crippen LogP) is 8.30. The van der Waals surface area contributed by atoms with Crippen molar-refractivity contribution in [1.29, 1.82) is 0 Å². The van der Waals surface area contributed by atoms with Crippen LogP contribution in [0.25, 0.3) is 0 Å². The second-order valence-corrected chi connectivity index (χ2v) is 10.8. The maximum Gasteiger partial charge on any atom is 0.244 e. The number of nitrogens with zero attached hydrogens (tertiary/aromatic N) is 3. The number of imidazole rings is 1. The lowest BCUT2D eigenvalue weighted by Gasteiger charge is -2.19.